The summed E-state index contributed by atoms with van der Waals surface area (Å²) in [5, 5.41) is 14.4. The van der Waals surface area contributed by atoms with Crippen molar-refractivity contribution in [2.24, 2.45) is 0 Å². The van der Waals surface area contributed by atoms with Crippen LogP contribution in [-0.4, -0.2) is 27.1 Å². The smallest absolute Gasteiger partial charge is 0.335 e. The number of nitrogens with one attached hydrogen (secondary N) is 2. The lowest BCUT2D eigenvalue weighted by molar-refractivity contribution is 0.0696. The van der Waals surface area contributed by atoms with E-state index in [2.05, 4.69) is 36.5 Å². The third-order valence-electron chi connectivity index (χ3n) is 2.19. The molecule has 0 aliphatic heterocycles. The Morgan fingerprint density at radius 3 is 2.85 bits per heavy atom. The number of aromatic carboxylic acids is 1. The lowest BCUT2D eigenvalue weighted by atomic mass is 10.2. The van der Waals surface area contributed by atoms with Crippen LogP contribution in [0, 0.1) is 0 Å². The second-order valence-electron chi connectivity index (χ2n) is 3.62. The molecule has 0 spiro atoms. The van der Waals surface area contributed by atoms with Gasteiger partial charge in [0.05, 0.1) is 27.8 Å². The van der Waals surface area contributed by atoms with Crippen molar-refractivity contribution in [3.05, 3.63) is 39.6 Å². The molecule has 104 valence electrons. The number of amides is 2. The second kappa shape index (κ2) is 6.44. The molecule has 7 nitrogen and oxygen atoms in total. The molecule has 2 aromatic rings. The van der Waals surface area contributed by atoms with Crippen molar-refractivity contribution < 1.29 is 14.7 Å². The van der Waals surface area contributed by atoms with Crippen LogP contribution in [0.2, 0.25) is 0 Å². The third-order valence-corrected chi connectivity index (χ3v) is 3.58. The second-order valence-corrected chi connectivity index (χ2v) is 6.03. The van der Waals surface area contributed by atoms with E-state index in [1.165, 1.54) is 29.7 Å². The first-order valence-electron chi connectivity index (χ1n) is 5.39. The van der Waals surface area contributed by atoms with Gasteiger partial charge in [0.2, 0.25) is 0 Å². The van der Waals surface area contributed by atoms with Crippen LogP contribution in [0.3, 0.4) is 0 Å². The summed E-state index contributed by atoms with van der Waals surface area (Å²) in [5.74, 6) is -1.04. The number of anilines is 1. The molecule has 0 aromatic carbocycles. The molecule has 0 unspecified atom stereocenters. The van der Waals surface area contributed by atoms with Crippen molar-refractivity contribution in [2.75, 3.05) is 5.32 Å². The van der Waals surface area contributed by atoms with Crippen LogP contribution in [0.1, 0.15) is 16.1 Å². The Morgan fingerprint density at radius 1 is 1.40 bits per heavy atom. The SMILES string of the molecule is O=C(NCc1cc(C(=O)O)ccn1)Nc1ncc(Br)s1. The summed E-state index contributed by atoms with van der Waals surface area (Å²) in [6, 6.07) is 2.36. The maximum absolute atomic E-state index is 11.6. The Balaban J connectivity index is 1.90. The summed E-state index contributed by atoms with van der Waals surface area (Å²) in [5.41, 5.74) is 0.585. The summed E-state index contributed by atoms with van der Waals surface area (Å²) in [4.78, 5) is 30.3. The predicted octanol–water partition coefficient (Wildman–Crippen LogP) is 2.32. The molecule has 0 radical (unpaired) electrons. The molecule has 2 rings (SSSR count). The van der Waals surface area contributed by atoms with E-state index in [9.17, 15) is 9.59 Å². The fourth-order valence-electron chi connectivity index (χ4n) is 1.33. The number of carbonyl (C=O) groups excluding carboxylic acids is 1. The lowest BCUT2D eigenvalue weighted by Gasteiger charge is -2.05. The molecule has 2 aromatic heterocycles. The maximum atomic E-state index is 11.6. The monoisotopic (exact) mass is 356 g/mol. The average molecular weight is 357 g/mol. The van der Waals surface area contributed by atoms with Gasteiger partial charge in [0, 0.05) is 6.20 Å². The lowest BCUT2D eigenvalue weighted by Crippen LogP contribution is -2.28. The molecule has 20 heavy (non-hydrogen) atoms. The standard InChI is InChI=1S/C11H9BrN4O3S/c12-8-5-15-11(20-8)16-10(19)14-4-7-3-6(9(17)18)1-2-13-7/h1-3,5H,4H2,(H,17,18)(H2,14,15,16,19). The molecule has 0 fully saturated rings. The number of hydrogen-bond donors (Lipinski definition) is 3. The number of nitrogens with zero attached hydrogens (tertiary/aromatic N) is 2. The van der Waals surface area contributed by atoms with Crippen molar-refractivity contribution in [3.63, 3.8) is 0 Å². The number of pyridine rings is 1. The highest BCUT2D eigenvalue weighted by Gasteiger charge is 2.07. The molecule has 0 aliphatic carbocycles. The topological polar surface area (TPSA) is 104 Å². The van der Waals surface area contributed by atoms with Gasteiger partial charge in [-0.15, -0.1) is 0 Å². The number of carbonyl (C=O) groups is 2. The quantitative estimate of drug-likeness (QED) is 0.779. The molecular weight excluding hydrogens is 348 g/mol. The average Bonchev–Trinajstić information content (AvgIpc) is 2.82. The number of halogens is 1. The number of urea groups is 1. The normalized spacial score (nSPS) is 10.1. The van der Waals surface area contributed by atoms with Crippen molar-refractivity contribution in [1.29, 1.82) is 0 Å². The van der Waals surface area contributed by atoms with E-state index in [4.69, 9.17) is 5.11 Å². The molecule has 0 saturated heterocycles. The van der Waals surface area contributed by atoms with E-state index >= 15 is 0 Å². The number of rotatable bonds is 4. The van der Waals surface area contributed by atoms with Gasteiger partial charge in [-0.3, -0.25) is 10.3 Å². The Kier molecular flexibility index (Phi) is 4.64. The summed E-state index contributed by atoms with van der Waals surface area (Å²) in [6.07, 6.45) is 2.97. The Morgan fingerprint density at radius 2 is 2.20 bits per heavy atom. The Bertz CT molecular complexity index is 646. The molecule has 0 aliphatic rings. The van der Waals surface area contributed by atoms with Crippen molar-refractivity contribution >= 4 is 44.4 Å². The number of carboxylic acids is 1. The molecule has 2 amide bonds. The van der Waals surface area contributed by atoms with Crippen LogP contribution in [0.4, 0.5) is 9.93 Å². The molecular formula is C11H9BrN4O3S. The van der Waals surface area contributed by atoms with Gasteiger partial charge in [0.15, 0.2) is 5.13 Å². The molecule has 3 N–H and O–H groups in total. The Hall–Kier alpha value is -2.00. The Labute approximate surface area is 126 Å². The molecule has 9 heteroatoms. The molecule has 0 saturated carbocycles. The van der Waals surface area contributed by atoms with Gasteiger partial charge in [-0.2, -0.15) is 0 Å². The first-order valence-corrected chi connectivity index (χ1v) is 7.00. The van der Waals surface area contributed by atoms with Crippen LogP contribution in [-0.2, 0) is 6.54 Å². The molecule has 0 atom stereocenters. The molecule has 0 bridgehead atoms. The first kappa shape index (κ1) is 14.4. The number of hydrogen-bond acceptors (Lipinski definition) is 5. The van der Waals surface area contributed by atoms with Crippen LogP contribution in [0.25, 0.3) is 0 Å². The van der Waals surface area contributed by atoms with Crippen molar-refractivity contribution in [3.8, 4) is 0 Å². The maximum Gasteiger partial charge on any atom is 0.335 e. The fraction of sp³-hybridized carbons (Fsp3) is 0.0909. The highest BCUT2D eigenvalue weighted by molar-refractivity contribution is 9.11. The number of carboxylic acid groups (broad SMARTS) is 1. The number of thiazole rings is 1. The van der Waals surface area contributed by atoms with Gasteiger partial charge in [-0.1, -0.05) is 11.3 Å². The fourth-order valence-corrected chi connectivity index (χ4v) is 2.43. The zero-order chi connectivity index (χ0) is 14.5. The highest BCUT2D eigenvalue weighted by atomic mass is 79.9. The van der Waals surface area contributed by atoms with E-state index in [0.717, 1.165) is 3.79 Å². The van der Waals surface area contributed by atoms with E-state index in [-0.39, 0.29) is 12.1 Å². The zero-order valence-corrected chi connectivity index (χ0v) is 12.4. The van der Waals surface area contributed by atoms with Crippen molar-refractivity contribution in [1.82, 2.24) is 15.3 Å². The van der Waals surface area contributed by atoms with E-state index in [0.29, 0.717) is 10.8 Å². The van der Waals surface area contributed by atoms with Gasteiger partial charge in [-0.05, 0) is 28.1 Å². The van der Waals surface area contributed by atoms with Gasteiger partial charge in [-0.25, -0.2) is 14.6 Å². The van der Waals surface area contributed by atoms with Crippen LogP contribution in [0.15, 0.2) is 28.3 Å². The largest absolute Gasteiger partial charge is 0.478 e. The summed E-state index contributed by atoms with van der Waals surface area (Å²) in [7, 11) is 0. The van der Waals surface area contributed by atoms with Crippen LogP contribution < -0.4 is 10.6 Å². The first-order chi connectivity index (χ1) is 9.54. The minimum Gasteiger partial charge on any atom is -0.478 e. The zero-order valence-electron chi connectivity index (χ0n) is 9.96. The van der Waals surface area contributed by atoms with Gasteiger partial charge in [0.1, 0.15) is 0 Å². The summed E-state index contributed by atoms with van der Waals surface area (Å²) < 4.78 is 0.809. The van der Waals surface area contributed by atoms with Crippen LogP contribution in [0.5, 0.6) is 0 Å². The van der Waals surface area contributed by atoms with Crippen molar-refractivity contribution in [2.45, 2.75) is 6.54 Å². The third kappa shape index (κ3) is 4.00. The number of aromatic nitrogens is 2. The minimum absolute atomic E-state index is 0.125. The van der Waals surface area contributed by atoms with Gasteiger partial charge < -0.3 is 10.4 Å². The van der Waals surface area contributed by atoms with E-state index in [1.54, 1.807) is 6.20 Å². The van der Waals surface area contributed by atoms with Gasteiger partial charge in [0.25, 0.3) is 0 Å². The summed E-state index contributed by atoms with van der Waals surface area (Å²) >= 11 is 4.52. The van der Waals surface area contributed by atoms with Gasteiger partial charge >= 0.3 is 12.0 Å². The summed E-state index contributed by atoms with van der Waals surface area (Å²) in [6.45, 7) is 0.125. The highest BCUT2D eigenvalue weighted by Crippen LogP contribution is 2.22. The predicted molar refractivity (Wildman–Crippen MR) is 76.9 cm³/mol. The molecule has 2 heterocycles. The van der Waals surface area contributed by atoms with E-state index in [1.807, 2.05) is 0 Å². The van der Waals surface area contributed by atoms with E-state index < -0.39 is 12.0 Å². The van der Waals surface area contributed by atoms with Crippen LogP contribution >= 0.6 is 27.3 Å². The minimum atomic E-state index is -1.04.